The van der Waals surface area contributed by atoms with Crippen LogP contribution in [0.4, 0.5) is 5.82 Å². The molecule has 7 nitrogen and oxygen atoms in total. The lowest BCUT2D eigenvalue weighted by atomic mass is 10.1. The number of nitrogens with zero attached hydrogens (tertiary/aromatic N) is 2. The first-order valence-corrected chi connectivity index (χ1v) is 11.6. The molecule has 2 heterocycles. The number of amides is 1. The summed E-state index contributed by atoms with van der Waals surface area (Å²) in [7, 11) is -4.05. The van der Waals surface area contributed by atoms with E-state index in [1.54, 1.807) is 42.6 Å². The molecule has 162 valence electrons. The van der Waals surface area contributed by atoms with Gasteiger partial charge in [-0.15, -0.1) is 0 Å². The van der Waals surface area contributed by atoms with Crippen LogP contribution >= 0.6 is 0 Å². The van der Waals surface area contributed by atoms with Crippen LogP contribution in [0.2, 0.25) is 0 Å². The SMILES string of the molecule is Cc1cccc(NC(=O)[C@@H](Cc2ccccc2)NS(=O)(=O)c2cccc3cccnc23)n1. The van der Waals surface area contributed by atoms with E-state index in [-0.39, 0.29) is 11.3 Å². The molecule has 0 aliphatic carbocycles. The Morgan fingerprint density at radius 1 is 0.938 bits per heavy atom. The quantitative estimate of drug-likeness (QED) is 0.453. The average Bonchev–Trinajstić information content (AvgIpc) is 2.79. The van der Waals surface area contributed by atoms with E-state index in [4.69, 9.17) is 0 Å². The highest BCUT2D eigenvalue weighted by molar-refractivity contribution is 7.89. The van der Waals surface area contributed by atoms with Gasteiger partial charge < -0.3 is 5.32 Å². The van der Waals surface area contributed by atoms with Crippen LogP contribution in [0.1, 0.15) is 11.3 Å². The van der Waals surface area contributed by atoms with Crippen LogP contribution in [-0.4, -0.2) is 30.3 Å². The molecule has 0 saturated carbocycles. The summed E-state index contributed by atoms with van der Waals surface area (Å²) < 4.78 is 29.2. The van der Waals surface area contributed by atoms with Crippen LogP contribution in [0.25, 0.3) is 10.9 Å². The van der Waals surface area contributed by atoms with Gasteiger partial charge in [-0.25, -0.2) is 13.4 Å². The highest BCUT2D eigenvalue weighted by atomic mass is 32.2. The first-order chi connectivity index (χ1) is 15.4. The Labute approximate surface area is 186 Å². The van der Waals surface area contributed by atoms with Gasteiger partial charge in [-0.3, -0.25) is 9.78 Å². The molecule has 1 amide bonds. The van der Waals surface area contributed by atoms with Gasteiger partial charge in [-0.05, 0) is 43.2 Å². The van der Waals surface area contributed by atoms with Crippen LogP contribution in [0, 0.1) is 6.92 Å². The first-order valence-electron chi connectivity index (χ1n) is 10.1. The highest BCUT2D eigenvalue weighted by Crippen LogP contribution is 2.21. The van der Waals surface area contributed by atoms with E-state index in [0.29, 0.717) is 16.7 Å². The molecule has 1 atom stereocenters. The van der Waals surface area contributed by atoms with Crippen LogP contribution in [0.3, 0.4) is 0 Å². The van der Waals surface area contributed by atoms with Crippen molar-refractivity contribution in [3.05, 3.63) is 96.3 Å². The molecule has 0 aliphatic rings. The van der Waals surface area contributed by atoms with Crippen molar-refractivity contribution >= 4 is 32.7 Å². The molecule has 0 saturated heterocycles. The molecule has 4 rings (SSSR count). The number of benzene rings is 2. The van der Waals surface area contributed by atoms with E-state index in [1.807, 2.05) is 43.3 Å². The number of nitrogens with one attached hydrogen (secondary N) is 2. The van der Waals surface area contributed by atoms with Gasteiger partial charge >= 0.3 is 0 Å². The largest absolute Gasteiger partial charge is 0.309 e. The number of rotatable bonds is 7. The van der Waals surface area contributed by atoms with Crippen LogP contribution < -0.4 is 10.0 Å². The Hall–Kier alpha value is -3.62. The second-order valence-corrected chi connectivity index (χ2v) is 9.03. The standard InChI is InChI=1S/C24H22N4O3S/c1-17-8-5-14-22(26-17)27-24(29)20(16-18-9-3-2-4-10-18)28-32(30,31)21-13-6-11-19-12-7-15-25-23(19)21/h2-15,20,28H,16H2,1H3,(H,26,27,29)/t20-/m1/s1. The first kappa shape index (κ1) is 21.6. The number of hydrogen-bond acceptors (Lipinski definition) is 5. The van der Waals surface area contributed by atoms with Gasteiger partial charge in [0, 0.05) is 17.3 Å². The smallest absolute Gasteiger partial charge is 0.244 e. The summed E-state index contributed by atoms with van der Waals surface area (Å²) in [6.45, 7) is 1.81. The van der Waals surface area contributed by atoms with Crippen LogP contribution in [-0.2, 0) is 21.2 Å². The van der Waals surface area contributed by atoms with Crippen molar-refractivity contribution < 1.29 is 13.2 Å². The van der Waals surface area contributed by atoms with E-state index in [9.17, 15) is 13.2 Å². The maximum Gasteiger partial charge on any atom is 0.244 e. The fourth-order valence-electron chi connectivity index (χ4n) is 3.41. The van der Waals surface area contributed by atoms with Crippen molar-refractivity contribution in [1.82, 2.24) is 14.7 Å². The number of fused-ring (bicyclic) bond motifs is 1. The van der Waals surface area contributed by atoms with Gasteiger partial charge in [0.2, 0.25) is 15.9 Å². The van der Waals surface area contributed by atoms with E-state index in [1.165, 1.54) is 6.07 Å². The minimum Gasteiger partial charge on any atom is -0.309 e. The molecule has 0 fully saturated rings. The van der Waals surface area contributed by atoms with Gasteiger partial charge in [-0.1, -0.05) is 54.6 Å². The van der Waals surface area contributed by atoms with Gasteiger partial charge in [-0.2, -0.15) is 4.72 Å². The molecule has 0 aliphatic heterocycles. The lowest BCUT2D eigenvalue weighted by Gasteiger charge is -2.19. The van der Waals surface area contributed by atoms with Crippen LogP contribution in [0.15, 0.2) is 90.0 Å². The summed E-state index contributed by atoms with van der Waals surface area (Å²) in [4.78, 5) is 21.6. The molecule has 0 radical (unpaired) electrons. The monoisotopic (exact) mass is 446 g/mol. The molecule has 2 aromatic heterocycles. The maximum absolute atomic E-state index is 13.3. The zero-order chi connectivity index (χ0) is 22.6. The topological polar surface area (TPSA) is 101 Å². The summed E-state index contributed by atoms with van der Waals surface area (Å²) in [5.74, 6) is -0.136. The van der Waals surface area contributed by atoms with Gasteiger partial charge in [0.25, 0.3) is 0 Å². The molecule has 32 heavy (non-hydrogen) atoms. The van der Waals surface area contributed by atoms with Crippen molar-refractivity contribution in [2.75, 3.05) is 5.32 Å². The summed E-state index contributed by atoms with van der Waals surface area (Å²) in [5, 5.41) is 3.42. The molecular weight excluding hydrogens is 424 g/mol. The zero-order valence-electron chi connectivity index (χ0n) is 17.4. The van der Waals surface area contributed by atoms with Crippen molar-refractivity contribution in [3.8, 4) is 0 Å². The third-order valence-corrected chi connectivity index (χ3v) is 6.42. The van der Waals surface area contributed by atoms with Crippen LogP contribution in [0.5, 0.6) is 0 Å². The zero-order valence-corrected chi connectivity index (χ0v) is 18.2. The third-order valence-electron chi connectivity index (χ3n) is 4.92. The molecule has 4 aromatic rings. The summed E-state index contributed by atoms with van der Waals surface area (Å²) >= 11 is 0. The van der Waals surface area contributed by atoms with Crippen molar-refractivity contribution in [3.63, 3.8) is 0 Å². The molecule has 2 aromatic carbocycles. The van der Waals surface area contributed by atoms with E-state index >= 15 is 0 Å². The highest BCUT2D eigenvalue weighted by Gasteiger charge is 2.28. The minimum absolute atomic E-state index is 0.0233. The van der Waals surface area contributed by atoms with Crippen molar-refractivity contribution in [2.45, 2.75) is 24.3 Å². The number of para-hydroxylation sites is 1. The number of carbonyl (C=O) groups is 1. The summed E-state index contributed by atoms with van der Waals surface area (Å²) in [6.07, 6.45) is 1.72. The lowest BCUT2D eigenvalue weighted by molar-refractivity contribution is -0.117. The van der Waals surface area contributed by atoms with Gasteiger partial charge in [0.15, 0.2) is 0 Å². The number of anilines is 1. The molecule has 2 N–H and O–H groups in total. The minimum atomic E-state index is -4.05. The van der Waals surface area contributed by atoms with Gasteiger partial charge in [0.05, 0.1) is 5.52 Å². The van der Waals surface area contributed by atoms with E-state index in [2.05, 4.69) is 20.0 Å². The van der Waals surface area contributed by atoms with Gasteiger partial charge in [0.1, 0.15) is 16.8 Å². The van der Waals surface area contributed by atoms with E-state index < -0.39 is 22.0 Å². The molecule has 0 spiro atoms. The molecule has 0 unspecified atom stereocenters. The lowest BCUT2D eigenvalue weighted by Crippen LogP contribution is -2.45. The third kappa shape index (κ3) is 4.99. The Morgan fingerprint density at radius 2 is 1.69 bits per heavy atom. The molecule has 0 bridgehead atoms. The predicted molar refractivity (Wildman–Crippen MR) is 124 cm³/mol. The Morgan fingerprint density at radius 3 is 2.47 bits per heavy atom. The number of aryl methyl sites for hydroxylation is 1. The number of sulfonamides is 1. The summed E-state index contributed by atoms with van der Waals surface area (Å²) in [5.41, 5.74) is 1.91. The molecule has 8 heteroatoms. The number of pyridine rings is 2. The van der Waals surface area contributed by atoms with E-state index in [0.717, 1.165) is 11.3 Å². The number of hydrogen-bond donors (Lipinski definition) is 2. The fourth-order valence-corrected chi connectivity index (χ4v) is 4.78. The normalized spacial score (nSPS) is 12.4. The summed E-state index contributed by atoms with van der Waals surface area (Å²) in [6, 6.07) is 21.9. The maximum atomic E-state index is 13.3. The van der Waals surface area contributed by atoms with Crippen molar-refractivity contribution in [1.29, 1.82) is 0 Å². The fraction of sp³-hybridized carbons (Fsp3) is 0.125. The Kier molecular flexibility index (Phi) is 6.25. The van der Waals surface area contributed by atoms with Crippen molar-refractivity contribution in [2.24, 2.45) is 0 Å². The second kappa shape index (κ2) is 9.25. The average molecular weight is 447 g/mol. The predicted octanol–water partition coefficient (Wildman–Crippen LogP) is 3.47. The molecular formula is C24H22N4O3S. The Bertz CT molecular complexity index is 1350. The second-order valence-electron chi connectivity index (χ2n) is 7.35. The number of carbonyl (C=O) groups excluding carboxylic acids is 1. The Balaban J connectivity index is 1.66. The number of aromatic nitrogens is 2.